The van der Waals surface area contributed by atoms with E-state index in [2.05, 4.69) is 5.10 Å². The van der Waals surface area contributed by atoms with Crippen molar-refractivity contribution >= 4 is 11.6 Å². The van der Waals surface area contributed by atoms with Crippen molar-refractivity contribution in [3.8, 4) is 0 Å². The van der Waals surface area contributed by atoms with Crippen molar-refractivity contribution in [3.63, 3.8) is 0 Å². The second kappa shape index (κ2) is 4.23. The fourth-order valence-electron chi connectivity index (χ4n) is 1.56. The molecule has 2 rings (SSSR count). The quantitative estimate of drug-likeness (QED) is 0.875. The van der Waals surface area contributed by atoms with Crippen molar-refractivity contribution in [1.82, 2.24) is 9.78 Å². The van der Waals surface area contributed by atoms with Crippen LogP contribution >= 0.6 is 11.6 Å². The number of aromatic nitrogens is 2. The third kappa shape index (κ3) is 2.08. The Morgan fingerprint density at radius 3 is 2.75 bits per heavy atom. The Kier molecular flexibility index (Phi) is 2.94. The molecule has 1 N–H and O–H groups in total. The molecule has 1 aromatic carbocycles. The van der Waals surface area contributed by atoms with Gasteiger partial charge < -0.3 is 5.11 Å². The molecule has 1 heterocycles. The Hall–Kier alpha value is -1.39. The summed E-state index contributed by atoms with van der Waals surface area (Å²) < 4.78 is 14.6. The van der Waals surface area contributed by atoms with Crippen LogP contribution in [0.15, 0.2) is 30.5 Å². The Labute approximate surface area is 97.1 Å². The largest absolute Gasteiger partial charge is 0.382 e. The maximum Gasteiger partial charge on any atom is 0.125 e. The number of aliphatic hydroxyl groups excluding tert-OH is 1. The van der Waals surface area contributed by atoms with Crippen LogP contribution in [0.3, 0.4) is 0 Å². The van der Waals surface area contributed by atoms with Gasteiger partial charge in [-0.05, 0) is 29.8 Å². The van der Waals surface area contributed by atoms with E-state index < -0.39 is 11.9 Å². The van der Waals surface area contributed by atoms with Gasteiger partial charge >= 0.3 is 0 Å². The van der Waals surface area contributed by atoms with E-state index in [1.165, 1.54) is 22.9 Å². The zero-order valence-electron chi connectivity index (χ0n) is 8.56. The van der Waals surface area contributed by atoms with E-state index in [1.807, 2.05) is 0 Å². The summed E-state index contributed by atoms with van der Waals surface area (Å²) in [6, 6.07) is 5.65. The molecule has 5 heteroatoms. The van der Waals surface area contributed by atoms with E-state index in [4.69, 9.17) is 11.6 Å². The number of rotatable bonds is 2. The first-order valence-electron chi connectivity index (χ1n) is 4.70. The van der Waals surface area contributed by atoms with Crippen LogP contribution in [-0.4, -0.2) is 14.9 Å². The summed E-state index contributed by atoms with van der Waals surface area (Å²) in [4.78, 5) is 0. The van der Waals surface area contributed by atoms with Crippen LogP contribution in [0.4, 0.5) is 4.39 Å². The van der Waals surface area contributed by atoms with Crippen molar-refractivity contribution < 1.29 is 9.50 Å². The molecule has 0 aliphatic rings. The van der Waals surface area contributed by atoms with Crippen molar-refractivity contribution in [2.75, 3.05) is 0 Å². The highest BCUT2D eigenvalue weighted by atomic mass is 35.5. The average Bonchev–Trinajstić information content (AvgIpc) is 2.62. The molecule has 0 aliphatic heterocycles. The number of aryl methyl sites for hydroxylation is 1. The Balaban J connectivity index is 2.41. The first-order chi connectivity index (χ1) is 7.58. The molecule has 0 saturated heterocycles. The summed E-state index contributed by atoms with van der Waals surface area (Å²) in [5, 5.41) is 14.2. The number of nitrogens with zero attached hydrogens (tertiary/aromatic N) is 2. The van der Waals surface area contributed by atoms with E-state index in [9.17, 15) is 9.50 Å². The lowest BCUT2D eigenvalue weighted by molar-refractivity contribution is 0.209. The van der Waals surface area contributed by atoms with Crippen molar-refractivity contribution in [2.45, 2.75) is 6.10 Å². The van der Waals surface area contributed by atoms with Gasteiger partial charge in [0.1, 0.15) is 11.9 Å². The van der Waals surface area contributed by atoms with Crippen LogP contribution < -0.4 is 0 Å². The van der Waals surface area contributed by atoms with Crippen molar-refractivity contribution in [1.29, 1.82) is 0 Å². The lowest BCUT2D eigenvalue weighted by Crippen LogP contribution is -2.06. The lowest BCUT2D eigenvalue weighted by atomic mass is 10.1. The molecular formula is C11H10ClFN2O. The molecule has 0 bridgehead atoms. The highest BCUT2D eigenvalue weighted by Gasteiger charge is 2.15. The third-order valence-electron chi connectivity index (χ3n) is 2.34. The molecule has 0 aliphatic carbocycles. The summed E-state index contributed by atoms with van der Waals surface area (Å²) in [5.74, 6) is -0.469. The van der Waals surface area contributed by atoms with Crippen LogP contribution in [0.1, 0.15) is 17.4 Å². The maximum atomic E-state index is 13.1. The summed E-state index contributed by atoms with van der Waals surface area (Å²) in [6.45, 7) is 0. The monoisotopic (exact) mass is 240 g/mol. The topological polar surface area (TPSA) is 38.0 Å². The van der Waals surface area contributed by atoms with Gasteiger partial charge in [-0.25, -0.2) is 4.39 Å². The second-order valence-corrected chi connectivity index (χ2v) is 3.92. The Bertz CT molecular complexity index is 492. The fourth-order valence-corrected chi connectivity index (χ4v) is 1.79. The minimum Gasteiger partial charge on any atom is -0.382 e. The molecule has 1 aromatic heterocycles. The fraction of sp³-hybridized carbons (Fsp3) is 0.182. The third-order valence-corrected chi connectivity index (χ3v) is 2.56. The molecule has 3 nitrogen and oxygen atoms in total. The summed E-state index contributed by atoms with van der Waals surface area (Å²) in [6.07, 6.45) is 0.639. The van der Waals surface area contributed by atoms with E-state index >= 15 is 0 Å². The first kappa shape index (κ1) is 11.1. The molecule has 0 saturated carbocycles. The molecule has 1 atom stereocenters. The predicted octanol–water partition coefficient (Wildman–Crippen LogP) is 2.29. The summed E-state index contributed by atoms with van der Waals surface area (Å²) in [7, 11) is 1.71. The van der Waals surface area contributed by atoms with Gasteiger partial charge in [0.2, 0.25) is 0 Å². The number of halogens is 2. The highest BCUT2D eigenvalue weighted by Crippen LogP contribution is 2.24. The Morgan fingerprint density at radius 2 is 2.19 bits per heavy atom. The minimum atomic E-state index is -0.930. The number of aliphatic hydroxyl groups is 1. The highest BCUT2D eigenvalue weighted by molar-refractivity contribution is 6.30. The molecule has 0 fully saturated rings. The summed E-state index contributed by atoms with van der Waals surface area (Å²) in [5.41, 5.74) is 0.996. The van der Waals surface area contributed by atoms with Crippen LogP contribution in [0.5, 0.6) is 0 Å². The van der Waals surface area contributed by atoms with Gasteiger partial charge in [0, 0.05) is 18.3 Å². The number of hydrogen-bond acceptors (Lipinski definition) is 2. The first-order valence-corrected chi connectivity index (χ1v) is 5.07. The van der Waals surface area contributed by atoms with E-state index in [0.29, 0.717) is 11.3 Å². The van der Waals surface area contributed by atoms with Gasteiger partial charge in [0.05, 0.1) is 5.69 Å². The summed E-state index contributed by atoms with van der Waals surface area (Å²) >= 11 is 5.72. The zero-order chi connectivity index (χ0) is 11.7. The molecule has 0 radical (unpaired) electrons. The second-order valence-electron chi connectivity index (χ2n) is 3.48. The molecular weight excluding hydrogens is 231 g/mol. The molecule has 16 heavy (non-hydrogen) atoms. The Morgan fingerprint density at radius 1 is 1.44 bits per heavy atom. The number of hydrogen-bond donors (Lipinski definition) is 1. The standard InChI is InChI=1S/C11H10ClFN2O/c1-15-10(2-3-14-15)11(16)7-4-8(12)6-9(13)5-7/h2-6,11,16H,1H3. The molecule has 84 valence electrons. The van der Waals surface area contributed by atoms with E-state index in [0.717, 1.165) is 0 Å². The van der Waals surface area contributed by atoms with Crippen LogP contribution in [-0.2, 0) is 7.05 Å². The average molecular weight is 241 g/mol. The van der Waals surface area contributed by atoms with Gasteiger partial charge in [0.15, 0.2) is 0 Å². The SMILES string of the molecule is Cn1nccc1C(O)c1cc(F)cc(Cl)c1. The van der Waals surface area contributed by atoms with Crippen LogP contribution in [0.2, 0.25) is 5.02 Å². The van der Waals surface area contributed by atoms with Gasteiger partial charge in [-0.2, -0.15) is 5.10 Å². The van der Waals surface area contributed by atoms with Gasteiger partial charge in [-0.3, -0.25) is 4.68 Å². The maximum absolute atomic E-state index is 13.1. The smallest absolute Gasteiger partial charge is 0.125 e. The van der Waals surface area contributed by atoms with E-state index in [-0.39, 0.29) is 5.02 Å². The molecule has 2 aromatic rings. The van der Waals surface area contributed by atoms with Crippen LogP contribution in [0.25, 0.3) is 0 Å². The van der Waals surface area contributed by atoms with Crippen molar-refractivity contribution in [3.05, 3.63) is 52.6 Å². The van der Waals surface area contributed by atoms with Gasteiger partial charge in [-0.1, -0.05) is 11.6 Å². The molecule has 1 unspecified atom stereocenters. The van der Waals surface area contributed by atoms with Crippen molar-refractivity contribution in [2.24, 2.45) is 7.05 Å². The predicted molar refractivity (Wildman–Crippen MR) is 58.7 cm³/mol. The van der Waals surface area contributed by atoms with Crippen LogP contribution in [0, 0.1) is 5.82 Å². The van der Waals surface area contributed by atoms with Gasteiger partial charge in [-0.15, -0.1) is 0 Å². The zero-order valence-corrected chi connectivity index (χ0v) is 9.32. The molecule has 0 spiro atoms. The lowest BCUT2D eigenvalue weighted by Gasteiger charge is -2.11. The van der Waals surface area contributed by atoms with E-state index in [1.54, 1.807) is 19.3 Å². The minimum absolute atomic E-state index is 0.260. The molecule has 0 amide bonds. The normalized spacial score (nSPS) is 12.8. The number of benzene rings is 1. The van der Waals surface area contributed by atoms with Gasteiger partial charge in [0.25, 0.3) is 0 Å².